The van der Waals surface area contributed by atoms with Crippen LogP contribution in [-0.2, 0) is 20.6 Å². The van der Waals surface area contributed by atoms with Crippen LogP contribution in [0.2, 0.25) is 5.02 Å². The Hall–Kier alpha value is -1.90. The molecular weight excluding hydrogens is 432 g/mol. The third kappa shape index (κ3) is 6.04. The minimum atomic E-state index is -3.52. The summed E-state index contributed by atoms with van der Waals surface area (Å²) in [7, 11) is -3.52. The van der Waals surface area contributed by atoms with Crippen molar-refractivity contribution in [1.82, 2.24) is 5.32 Å². The molecule has 0 bridgehead atoms. The monoisotopic (exact) mass is 454 g/mol. The lowest BCUT2D eigenvalue weighted by Gasteiger charge is -2.21. The van der Waals surface area contributed by atoms with Crippen LogP contribution in [0.15, 0.2) is 48.5 Å². The van der Waals surface area contributed by atoms with Crippen molar-refractivity contribution in [3.63, 3.8) is 0 Å². The Morgan fingerprint density at radius 3 is 2.76 bits per heavy atom. The Kier molecular flexibility index (Phi) is 7.32. The van der Waals surface area contributed by atoms with Crippen LogP contribution < -0.4 is 14.4 Å². The van der Waals surface area contributed by atoms with Gasteiger partial charge >= 0.3 is 0 Å². The second-order valence-corrected chi connectivity index (χ2v) is 10.1. The van der Waals surface area contributed by atoms with Crippen LogP contribution in [0.5, 0.6) is 5.75 Å². The van der Waals surface area contributed by atoms with E-state index in [4.69, 9.17) is 16.3 Å². The van der Waals surface area contributed by atoms with E-state index in [1.807, 2.05) is 18.2 Å². The number of anilines is 1. The predicted molar refractivity (Wildman–Crippen MR) is 118 cm³/mol. The van der Waals surface area contributed by atoms with Crippen LogP contribution in [-0.4, -0.2) is 45.5 Å². The molecule has 6 nitrogen and oxygen atoms in total. The maximum absolute atomic E-state index is 12.6. The number of carbonyl (C=O) groups excluding carboxylic acids is 1. The van der Waals surface area contributed by atoms with Gasteiger partial charge in [0.05, 0.1) is 11.9 Å². The van der Waals surface area contributed by atoms with Gasteiger partial charge in [-0.25, -0.2) is 8.42 Å². The van der Waals surface area contributed by atoms with Gasteiger partial charge in [-0.15, -0.1) is 0 Å². The summed E-state index contributed by atoms with van der Waals surface area (Å²) >= 11 is 7.76. The average Bonchev–Trinajstić information content (AvgIpc) is 2.87. The van der Waals surface area contributed by atoms with Gasteiger partial charge < -0.3 is 10.1 Å². The maximum atomic E-state index is 12.6. The molecule has 29 heavy (non-hydrogen) atoms. The van der Waals surface area contributed by atoms with Gasteiger partial charge in [0.15, 0.2) is 6.10 Å². The van der Waals surface area contributed by atoms with Crippen molar-refractivity contribution in [1.29, 1.82) is 0 Å². The van der Waals surface area contributed by atoms with Crippen molar-refractivity contribution in [3.05, 3.63) is 59.1 Å². The quantitative estimate of drug-likeness (QED) is 0.649. The first-order valence-corrected chi connectivity index (χ1v) is 12.6. The van der Waals surface area contributed by atoms with Crippen molar-refractivity contribution in [2.45, 2.75) is 18.3 Å². The zero-order valence-electron chi connectivity index (χ0n) is 16.0. The molecule has 3 rings (SSSR count). The number of hydrogen-bond acceptors (Lipinski definition) is 5. The van der Waals surface area contributed by atoms with Crippen molar-refractivity contribution in [3.8, 4) is 5.75 Å². The second-order valence-electron chi connectivity index (χ2n) is 6.67. The molecule has 1 aliphatic rings. The van der Waals surface area contributed by atoms with Gasteiger partial charge in [-0.2, -0.15) is 11.8 Å². The third-order valence-electron chi connectivity index (χ3n) is 4.40. The summed E-state index contributed by atoms with van der Waals surface area (Å²) in [6.45, 7) is 0.659. The average molecular weight is 455 g/mol. The van der Waals surface area contributed by atoms with Crippen molar-refractivity contribution >= 4 is 45.0 Å². The van der Waals surface area contributed by atoms with Crippen molar-refractivity contribution in [2.24, 2.45) is 0 Å². The number of benzene rings is 2. The van der Waals surface area contributed by atoms with Gasteiger partial charge in [0.25, 0.3) is 5.91 Å². The number of amides is 1. The topological polar surface area (TPSA) is 75.7 Å². The summed E-state index contributed by atoms with van der Waals surface area (Å²) in [5.41, 5.74) is 1.60. The normalized spacial score (nSPS) is 16.5. The number of rotatable bonds is 7. The van der Waals surface area contributed by atoms with Gasteiger partial charge in [0.1, 0.15) is 5.75 Å². The summed E-state index contributed by atoms with van der Waals surface area (Å²) in [5, 5.41) is 3.29. The van der Waals surface area contributed by atoms with Crippen LogP contribution in [0.25, 0.3) is 0 Å². The molecule has 0 saturated carbocycles. The lowest BCUT2D eigenvalue weighted by Crippen LogP contribution is -2.40. The van der Waals surface area contributed by atoms with E-state index < -0.39 is 16.1 Å². The van der Waals surface area contributed by atoms with Crippen LogP contribution in [0.4, 0.5) is 5.69 Å². The molecule has 0 unspecified atom stereocenters. The predicted octanol–water partition coefficient (Wildman–Crippen LogP) is 3.31. The van der Waals surface area contributed by atoms with E-state index >= 15 is 0 Å². The second kappa shape index (κ2) is 9.73. The Balaban J connectivity index is 1.57. The molecule has 2 aromatic rings. The summed E-state index contributed by atoms with van der Waals surface area (Å²) in [5.74, 6) is 1.74. The van der Waals surface area contributed by atoms with Gasteiger partial charge in [0, 0.05) is 36.0 Å². The van der Waals surface area contributed by atoms with Gasteiger partial charge in [-0.3, -0.25) is 9.10 Å². The van der Waals surface area contributed by atoms with Crippen molar-refractivity contribution in [2.75, 3.05) is 29.4 Å². The number of thioether (sulfide) groups is 1. The number of nitrogens with zero attached hydrogens (tertiary/aromatic N) is 1. The van der Waals surface area contributed by atoms with Crippen LogP contribution in [0, 0.1) is 0 Å². The largest absolute Gasteiger partial charge is 0.478 e. The Bertz CT molecular complexity index is 954. The number of sulfonamides is 1. The van der Waals surface area contributed by atoms with Gasteiger partial charge in [0.2, 0.25) is 10.0 Å². The zero-order chi connectivity index (χ0) is 20.9. The first kappa shape index (κ1) is 21.8. The minimum absolute atomic E-state index is 0.146. The molecule has 1 atom stereocenters. The zero-order valence-corrected chi connectivity index (χ0v) is 18.4. The lowest BCUT2D eigenvalue weighted by atomic mass is 10.2. The molecular formula is C20H23ClN2O4S2. The highest BCUT2D eigenvalue weighted by Crippen LogP contribution is 2.36. The van der Waals surface area contributed by atoms with E-state index in [1.165, 1.54) is 9.87 Å². The number of fused-ring (bicyclic) bond motifs is 1. The molecule has 1 aliphatic heterocycles. The maximum Gasteiger partial charge on any atom is 0.261 e. The fourth-order valence-corrected chi connectivity index (χ4v) is 4.93. The molecule has 0 spiro atoms. The highest BCUT2D eigenvalue weighted by molar-refractivity contribution is 7.98. The molecule has 0 aromatic heterocycles. The number of nitrogens with one attached hydrogen (secondary N) is 1. The molecule has 1 heterocycles. The van der Waals surface area contributed by atoms with E-state index in [-0.39, 0.29) is 18.9 Å². The van der Waals surface area contributed by atoms with E-state index in [1.54, 1.807) is 30.0 Å². The first-order valence-electron chi connectivity index (χ1n) is 9.18. The number of hydrogen-bond donors (Lipinski definition) is 1. The van der Waals surface area contributed by atoms with Gasteiger partial charge in [-0.1, -0.05) is 41.9 Å². The van der Waals surface area contributed by atoms with E-state index in [9.17, 15) is 13.2 Å². The molecule has 1 amide bonds. The van der Waals surface area contributed by atoms with E-state index in [2.05, 4.69) is 17.4 Å². The molecule has 9 heteroatoms. The van der Waals surface area contributed by atoms with Gasteiger partial charge in [-0.05, 0) is 23.8 Å². The SMILES string of the molecule is CS(=O)(=O)N1CC[C@H](C(=O)NCCSCc2ccccc2)Oc2ccc(Cl)cc21. The van der Waals surface area contributed by atoms with Crippen LogP contribution in [0.3, 0.4) is 0 Å². The summed E-state index contributed by atoms with van der Waals surface area (Å²) in [4.78, 5) is 12.6. The molecule has 156 valence electrons. The van der Waals surface area contributed by atoms with E-state index in [0.717, 1.165) is 17.8 Å². The smallest absolute Gasteiger partial charge is 0.261 e. The Morgan fingerprint density at radius 2 is 2.03 bits per heavy atom. The van der Waals surface area contributed by atoms with Crippen molar-refractivity contribution < 1.29 is 17.9 Å². The molecule has 2 aromatic carbocycles. The van der Waals surface area contributed by atoms with Crippen LogP contribution >= 0.6 is 23.4 Å². The fourth-order valence-electron chi connectivity index (χ4n) is 3.01. The first-order chi connectivity index (χ1) is 13.8. The lowest BCUT2D eigenvalue weighted by molar-refractivity contribution is -0.127. The highest BCUT2D eigenvalue weighted by atomic mass is 35.5. The molecule has 0 fully saturated rings. The number of halogens is 1. The molecule has 0 radical (unpaired) electrons. The molecule has 1 N–H and O–H groups in total. The van der Waals surface area contributed by atoms with Crippen LogP contribution in [0.1, 0.15) is 12.0 Å². The van der Waals surface area contributed by atoms with E-state index in [0.29, 0.717) is 23.0 Å². The summed E-state index contributed by atoms with van der Waals surface area (Å²) in [6, 6.07) is 14.9. The standard InChI is InChI=1S/C20H23ClN2O4S2/c1-29(25,26)23-11-9-19(27-18-8-7-16(21)13-17(18)23)20(24)22-10-12-28-14-15-5-3-2-4-6-15/h2-8,13,19H,9-12,14H2,1H3,(H,22,24)/t19-/m1/s1. The molecule has 0 aliphatic carbocycles. The summed E-state index contributed by atoms with van der Waals surface area (Å²) in [6.07, 6.45) is 0.616. The third-order valence-corrected chi connectivity index (χ3v) is 6.85. The number of ether oxygens (including phenoxy) is 1. The highest BCUT2D eigenvalue weighted by Gasteiger charge is 2.31. The fraction of sp³-hybridized carbons (Fsp3) is 0.350. The molecule has 0 saturated heterocycles. The minimum Gasteiger partial charge on any atom is -0.478 e. The Labute approximate surface area is 180 Å². The Morgan fingerprint density at radius 1 is 1.28 bits per heavy atom. The number of carbonyl (C=O) groups is 1. The summed E-state index contributed by atoms with van der Waals surface area (Å²) < 4.78 is 31.4.